The molecule has 17 heavy (non-hydrogen) atoms. The molecule has 1 aliphatic rings. The Bertz CT molecular complexity index is 402. The molecule has 2 heteroatoms. The van der Waals surface area contributed by atoms with E-state index < -0.39 is 0 Å². The number of hydrogen-bond donors (Lipinski definition) is 0. The minimum absolute atomic E-state index is 0.0224. The summed E-state index contributed by atoms with van der Waals surface area (Å²) in [6, 6.07) is 5.19. The van der Waals surface area contributed by atoms with Crippen molar-refractivity contribution in [2.75, 3.05) is 0 Å². The summed E-state index contributed by atoms with van der Waals surface area (Å²) in [7, 11) is 0. The standard InChI is InChI=1S/C15H21FO/c1-10(11-5-6-11)17-14-9-12(15(2,3)4)7-8-13(14)16/h7-11H,5-6H2,1-4H3/t10-/m1/s1. The van der Waals surface area contributed by atoms with E-state index in [4.69, 9.17) is 4.74 Å². The summed E-state index contributed by atoms with van der Waals surface area (Å²) in [5.41, 5.74) is 1.13. The zero-order valence-electron chi connectivity index (χ0n) is 11.1. The molecule has 0 radical (unpaired) electrons. The van der Waals surface area contributed by atoms with Crippen molar-refractivity contribution in [3.63, 3.8) is 0 Å². The molecule has 0 heterocycles. The van der Waals surface area contributed by atoms with Crippen LogP contribution in [0.4, 0.5) is 4.39 Å². The summed E-state index contributed by atoms with van der Waals surface area (Å²) in [6.07, 6.45) is 2.54. The molecule has 0 aliphatic heterocycles. The van der Waals surface area contributed by atoms with Crippen molar-refractivity contribution in [1.82, 2.24) is 0 Å². The van der Waals surface area contributed by atoms with Crippen LogP contribution in [0.3, 0.4) is 0 Å². The van der Waals surface area contributed by atoms with Gasteiger partial charge in [0, 0.05) is 0 Å². The molecule has 0 unspecified atom stereocenters. The van der Waals surface area contributed by atoms with Gasteiger partial charge in [-0.05, 0) is 48.8 Å². The molecule has 0 N–H and O–H groups in total. The van der Waals surface area contributed by atoms with E-state index in [0.29, 0.717) is 11.7 Å². The van der Waals surface area contributed by atoms with Gasteiger partial charge in [-0.1, -0.05) is 26.8 Å². The second-order valence-corrected chi connectivity index (χ2v) is 6.06. The van der Waals surface area contributed by atoms with Gasteiger partial charge in [0.05, 0.1) is 6.10 Å². The monoisotopic (exact) mass is 236 g/mol. The molecule has 1 aromatic carbocycles. The van der Waals surface area contributed by atoms with Gasteiger partial charge in [-0.3, -0.25) is 0 Å². The van der Waals surface area contributed by atoms with Crippen LogP contribution in [0, 0.1) is 11.7 Å². The summed E-state index contributed by atoms with van der Waals surface area (Å²) in [4.78, 5) is 0. The van der Waals surface area contributed by atoms with Crippen LogP contribution in [0.15, 0.2) is 18.2 Å². The first-order valence-corrected chi connectivity index (χ1v) is 6.34. The van der Waals surface area contributed by atoms with Crippen molar-refractivity contribution in [3.05, 3.63) is 29.6 Å². The van der Waals surface area contributed by atoms with Gasteiger partial charge in [0.2, 0.25) is 0 Å². The van der Waals surface area contributed by atoms with E-state index in [0.717, 1.165) is 5.56 Å². The normalized spacial score (nSPS) is 17.9. The highest BCUT2D eigenvalue weighted by Crippen LogP contribution is 2.36. The van der Waals surface area contributed by atoms with E-state index in [2.05, 4.69) is 20.8 Å². The van der Waals surface area contributed by atoms with Crippen molar-refractivity contribution in [1.29, 1.82) is 0 Å². The highest BCUT2D eigenvalue weighted by molar-refractivity contribution is 5.34. The predicted octanol–water partition coefficient (Wildman–Crippen LogP) is 4.30. The molecule has 1 aliphatic carbocycles. The smallest absolute Gasteiger partial charge is 0.165 e. The third kappa shape index (κ3) is 2.99. The molecule has 0 bridgehead atoms. The zero-order valence-corrected chi connectivity index (χ0v) is 11.1. The lowest BCUT2D eigenvalue weighted by Crippen LogP contribution is -2.16. The van der Waals surface area contributed by atoms with E-state index in [1.807, 2.05) is 19.1 Å². The van der Waals surface area contributed by atoms with Crippen molar-refractivity contribution in [2.24, 2.45) is 5.92 Å². The Labute approximate surface area is 103 Å². The van der Waals surface area contributed by atoms with Crippen molar-refractivity contribution >= 4 is 0 Å². The molecule has 94 valence electrons. The SMILES string of the molecule is C[C@@H](Oc1cc(C(C)(C)C)ccc1F)C1CC1. The predicted molar refractivity (Wildman–Crippen MR) is 67.9 cm³/mol. The average molecular weight is 236 g/mol. The van der Waals surface area contributed by atoms with Crippen LogP contribution in [-0.2, 0) is 5.41 Å². The lowest BCUT2D eigenvalue weighted by molar-refractivity contribution is 0.189. The lowest BCUT2D eigenvalue weighted by Gasteiger charge is -2.21. The lowest BCUT2D eigenvalue weighted by atomic mass is 9.87. The minimum atomic E-state index is -0.259. The summed E-state index contributed by atoms with van der Waals surface area (Å²) >= 11 is 0. The second kappa shape index (κ2) is 4.32. The number of ether oxygens (including phenoxy) is 1. The number of halogens is 1. The van der Waals surface area contributed by atoms with Gasteiger partial charge in [-0.25, -0.2) is 4.39 Å². The van der Waals surface area contributed by atoms with Gasteiger partial charge < -0.3 is 4.74 Å². The zero-order chi connectivity index (χ0) is 12.6. The molecule has 1 nitrogen and oxygen atoms in total. The molecule has 1 atom stereocenters. The van der Waals surface area contributed by atoms with Crippen LogP contribution in [-0.4, -0.2) is 6.10 Å². The first-order chi connectivity index (χ1) is 7.88. The van der Waals surface area contributed by atoms with E-state index in [1.54, 1.807) is 0 Å². The number of rotatable bonds is 3. The fourth-order valence-electron chi connectivity index (χ4n) is 1.92. The Morgan fingerprint density at radius 2 is 1.94 bits per heavy atom. The maximum atomic E-state index is 13.7. The highest BCUT2D eigenvalue weighted by Gasteiger charge is 2.30. The Balaban J connectivity index is 2.19. The Morgan fingerprint density at radius 1 is 1.29 bits per heavy atom. The number of hydrogen-bond acceptors (Lipinski definition) is 1. The largest absolute Gasteiger partial charge is 0.487 e. The molecular weight excluding hydrogens is 215 g/mol. The quantitative estimate of drug-likeness (QED) is 0.760. The van der Waals surface area contributed by atoms with Crippen LogP contribution in [0.2, 0.25) is 0 Å². The molecule has 0 spiro atoms. The van der Waals surface area contributed by atoms with E-state index in [1.165, 1.54) is 18.9 Å². The summed E-state index contributed by atoms with van der Waals surface area (Å²) in [6.45, 7) is 8.39. The van der Waals surface area contributed by atoms with Crippen LogP contribution >= 0.6 is 0 Å². The molecule has 2 rings (SSSR count). The van der Waals surface area contributed by atoms with Gasteiger partial charge in [0.25, 0.3) is 0 Å². The van der Waals surface area contributed by atoms with Crippen LogP contribution in [0.25, 0.3) is 0 Å². The molecule has 0 saturated heterocycles. The molecule has 0 aromatic heterocycles. The van der Waals surface area contributed by atoms with Crippen LogP contribution in [0.5, 0.6) is 5.75 Å². The first kappa shape index (κ1) is 12.4. The minimum Gasteiger partial charge on any atom is -0.487 e. The third-order valence-corrected chi connectivity index (χ3v) is 3.40. The maximum Gasteiger partial charge on any atom is 0.165 e. The Hall–Kier alpha value is -1.05. The van der Waals surface area contributed by atoms with Crippen molar-refractivity contribution in [2.45, 2.75) is 52.1 Å². The van der Waals surface area contributed by atoms with Gasteiger partial charge in [-0.15, -0.1) is 0 Å². The van der Waals surface area contributed by atoms with E-state index in [-0.39, 0.29) is 17.3 Å². The molecule has 1 saturated carbocycles. The fourth-order valence-corrected chi connectivity index (χ4v) is 1.92. The average Bonchev–Trinajstić information content (AvgIpc) is 3.02. The molecular formula is C15H21FO. The van der Waals surface area contributed by atoms with Gasteiger partial charge in [0.1, 0.15) is 0 Å². The summed E-state index contributed by atoms with van der Waals surface area (Å²) < 4.78 is 19.4. The Kier molecular flexibility index (Phi) is 3.15. The van der Waals surface area contributed by atoms with Gasteiger partial charge in [-0.2, -0.15) is 0 Å². The summed E-state index contributed by atoms with van der Waals surface area (Å²) in [5, 5.41) is 0. The number of benzene rings is 1. The molecule has 1 fully saturated rings. The topological polar surface area (TPSA) is 9.23 Å². The van der Waals surface area contributed by atoms with Crippen molar-refractivity contribution in [3.8, 4) is 5.75 Å². The van der Waals surface area contributed by atoms with E-state index >= 15 is 0 Å². The third-order valence-electron chi connectivity index (χ3n) is 3.40. The van der Waals surface area contributed by atoms with Crippen molar-refractivity contribution < 1.29 is 9.13 Å². The van der Waals surface area contributed by atoms with Crippen LogP contribution in [0.1, 0.15) is 46.1 Å². The molecule has 1 aromatic rings. The maximum absolute atomic E-state index is 13.7. The first-order valence-electron chi connectivity index (χ1n) is 6.34. The van der Waals surface area contributed by atoms with E-state index in [9.17, 15) is 4.39 Å². The second-order valence-electron chi connectivity index (χ2n) is 6.06. The van der Waals surface area contributed by atoms with Gasteiger partial charge in [0.15, 0.2) is 11.6 Å². The van der Waals surface area contributed by atoms with Crippen LogP contribution < -0.4 is 4.74 Å². The molecule has 0 amide bonds. The van der Waals surface area contributed by atoms with Gasteiger partial charge >= 0.3 is 0 Å². The highest BCUT2D eigenvalue weighted by atomic mass is 19.1. The Morgan fingerprint density at radius 3 is 2.47 bits per heavy atom. The summed E-state index contributed by atoms with van der Waals surface area (Å²) in [5.74, 6) is 0.759. The fraction of sp³-hybridized carbons (Fsp3) is 0.600.